The number of hydrogen-bond donors (Lipinski definition) is 1. The van der Waals surface area contributed by atoms with Crippen LogP contribution in [-0.4, -0.2) is 19.0 Å². The van der Waals surface area contributed by atoms with Crippen molar-refractivity contribution in [3.63, 3.8) is 0 Å². The van der Waals surface area contributed by atoms with Crippen molar-refractivity contribution < 1.29 is 18.6 Å². The summed E-state index contributed by atoms with van der Waals surface area (Å²) in [5.41, 5.74) is 0.867. The van der Waals surface area contributed by atoms with Gasteiger partial charge in [0.2, 0.25) is 0 Å². The molecular formula is C11H15ClNO4P. The molecule has 0 aromatic heterocycles. The molecule has 0 spiro atoms. The summed E-state index contributed by atoms with van der Waals surface area (Å²) in [7, 11) is 0. The van der Waals surface area contributed by atoms with Gasteiger partial charge in [0.05, 0.1) is 6.61 Å². The van der Waals surface area contributed by atoms with Gasteiger partial charge in [-0.25, -0.2) is 4.79 Å². The third-order valence-corrected chi connectivity index (χ3v) is 3.78. The van der Waals surface area contributed by atoms with E-state index in [2.05, 4.69) is 5.32 Å². The molecular weight excluding hydrogens is 277 g/mol. The van der Waals surface area contributed by atoms with Crippen molar-refractivity contribution in [2.24, 2.45) is 0 Å². The highest BCUT2D eigenvalue weighted by Crippen LogP contribution is 2.50. The van der Waals surface area contributed by atoms with Gasteiger partial charge in [-0.3, -0.25) is 4.57 Å². The maximum atomic E-state index is 11.5. The van der Waals surface area contributed by atoms with Gasteiger partial charge in [-0.1, -0.05) is 30.3 Å². The van der Waals surface area contributed by atoms with Gasteiger partial charge in [-0.2, -0.15) is 0 Å². The number of carbonyl (C=O) groups excluding carboxylic acids is 1. The second-order valence-corrected chi connectivity index (χ2v) is 6.70. The molecule has 1 aromatic carbocycles. The van der Waals surface area contributed by atoms with Crippen molar-refractivity contribution >= 4 is 24.1 Å². The summed E-state index contributed by atoms with van der Waals surface area (Å²) in [4.78, 5) is 11.3. The molecule has 0 fully saturated rings. The van der Waals surface area contributed by atoms with E-state index >= 15 is 0 Å². The van der Waals surface area contributed by atoms with E-state index in [1.54, 1.807) is 6.92 Å². The van der Waals surface area contributed by atoms with Gasteiger partial charge in [0.25, 0.3) is 0 Å². The second-order valence-electron chi connectivity index (χ2n) is 3.40. The van der Waals surface area contributed by atoms with Crippen LogP contribution in [0.25, 0.3) is 0 Å². The summed E-state index contributed by atoms with van der Waals surface area (Å²) < 4.78 is 21.2. The molecule has 18 heavy (non-hydrogen) atoms. The smallest absolute Gasteiger partial charge is 0.407 e. The summed E-state index contributed by atoms with van der Waals surface area (Å²) in [6.07, 6.45) is -0.935. The molecule has 0 aliphatic rings. The van der Waals surface area contributed by atoms with E-state index in [1.165, 1.54) is 0 Å². The number of alkyl carbamates (subject to hydrolysis) is 1. The Bertz CT molecular complexity index is 426. The standard InChI is InChI=1S/C11H15ClNO4P/c1-2-17-18(12,15)9-13-11(14)16-8-10-6-4-3-5-7-10/h3-7H,2,8-9H2,1H3,(H,13,14). The molecule has 1 amide bonds. The molecule has 1 atom stereocenters. The lowest BCUT2D eigenvalue weighted by Crippen LogP contribution is -2.24. The zero-order valence-corrected chi connectivity index (χ0v) is 11.6. The molecule has 0 aliphatic heterocycles. The largest absolute Gasteiger partial charge is 0.445 e. The van der Waals surface area contributed by atoms with Crippen LogP contribution in [0, 0.1) is 0 Å². The molecule has 1 rings (SSSR count). The second kappa shape index (κ2) is 7.41. The number of hydrogen-bond acceptors (Lipinski definition) is 4. The van der Waals surface area contributed by atoms with Gasteiger partial charge >= 0.3 is 12.8 Å². The van der Waals surface area contributed by atoms with E-state index in [-0.39, 0.29) is 19.5 Å². The fourth-order valence-electron chi connectivity index (χ4n) is 1.17. The molecule has 0 radical (unpaired) electrons. The maximum absolute atomic E-state index is 11.5. The molecule has 0 aliphatic carbocycles. The van der Waals surface area contributed by atoms with E-state index in [0.29, 0.717) is 0 Å². The fraction of sp³-hybridized carbons (Fsp3) is 0.364. The molecule has 1 N–H and O–H groups in total. The topological polar surface area (TPSA) is 64.6 Å². The lowest BCUT2D eigenvalue weighted by Gasteiger charge is -2.11. The number of amides is 1. The number of carbonyl (C=O) groups is 1. The summed E-state index contributed by atoms with van der Waals surface area (Å²) in [5.74, 6) is 0. The van der Waals surface area contributed by atoms with Crippen LogP contribution in [0.3, 0.4) is 0 Å². The number of nitrogens with one attached hydrogen (secondary N) is 1. The first-order valence-corrected chi connectivity index (χ1v) is 8.13. The minimum atomic E-state index is -3.28. The highest BCUT2D eigenvalue weighted by molar-refractivity contribution is 7.85. The molecule has 0 saturated carbocycles. The Morgan fingerprint density at radius 3 is 2.67 bits per heavy atom. The monoisotopic (exact) mass is 291 g/mol. The SMILES string of the molecule is CCOP(=O)(Cl)CNC(=O)OCc1ccccc1. The Morgan fingerprint density at radius 2 is 2.06 bits per heavy atom. The fourth-order valence-corrected chi connectivity index (χ4v) is 2.44. The van der Waals surface area contributed by atoms with Gasteiger partial charge in [0.1, 0.15) is 12.9 Å². The Morgan fingerprint density at radius 1 is 1.39 bits per heavy atom. The Labute approximate surface area is 111 Å². The number of halogens is 1. The van der Waals surface area contributed by atoms with Crippen molar-refractivity contribution in [2.45, 2.75) is 13.5 Å². The van der Waals surface area contributed by atoms with Crippen LogP contribution in [0.1, 0.15) is 12.5 Å². The zero-order chi connectivity index (χ0) is 13.4. The maximum Gasteiger partial charge on any atom is 0.407 e. The normalized spacial score (nSPS) is 13.7. The van der Waals surface area contributed by atoms with Crippen molar-refractivity contribution in [1.29, 1.82) is 0 Å². The van der Waals surface area contributed by atoms with E-state index in [1.807, 2.05) is 30.3 Å². The number of ether oxygens (including phenoxy) is 1. The number of benzene rings is 1. The predicted octanol–water partition coefficient (Wildman–Crippen LogP) is 3.34. The highest BCUT2D eigenvalue weighted by atomic mass is 35.7. The molecule has 1 aromatic rings. The van der Waals surface area contributed by atoms with Gasteiger partial charge in [0, 0.05) is 0 Å². The summed E-state index contributed by atoms with van der Waals surface area (Å²) in [6.45, 7) is -1.24. The van der Waals surface area contributed by atoms with Crippen LogP contribution in [-0.2, 0) is 20.4 Å². The van der Waals surface area contributed by atoms with Gasteiger partial charge in [0.15, 0.2) is 0 Å². The first-order chi connectivity index (χ1) is 8.53. The predicted molar refractivity (Wildman–Crippen MR) is 69.7 cm³/mol. The summed E-state index contributed by atoms with van der Waals surface area (Å²) in [5, 5.41) is 2.30. The van der Waals surface area contributed by atoms with Gasteiger partial charge in [-0.05, 0) is 23.7 Å². The lowest BCUT2D eigenvalue weighted by molar-refractivity contribution is 0.141. The summed E-state index contributed by atoms with van der Waals surface area (Å²) >= 11 is 5.56. The molecule has 1 unspecified atom stereocenters. The van der Waals surface area contributed by atoms with Crippen molar-refractivity contribution in [3.8, 4) is 0 Å². The minimum Gasteiger partial charge on any atom is -0.445 e. The Kier molecular flexibility index (Phi) is 6.19. The van der Waals surface area contributed by atoms with Crippen LogP contribution in [0.5, 0.6) is 0 Å². The molecule has 5 nitrogen and oxygen atoms in total. The van der Waals surface area contributed by atoms with Crippen LogP contribution in [0.2, 0.25) is 0 Å². The molecule has 100 valence electrons. The van der Waals surface area contributed by atoms with Crippen LogP contribution < -0.4 is 5.32 Å². The van der Waals surface area contributed by atoms with E-state index in [9.17, 15) is 9.36 Å². The molecule has 0 bridgehead atoms. The van der Waals surface area contributed by atoms with E-state index < -0.39 is 12.8 Å². The molecule has 0 heterocycles. The first kappa shape index (κ1) is 15.0. The van der Waals surface area contributed by atoms with Gasteiger partial charge in [-0.15, -0.1) is 0 Å². The third kappa shape index (κ3) is 6.05. The third-order valence-electron chi connectivity index (χ3n) is 1.95. The first-order valence-electron chi connectivity index (χ1n) is 5.41. The quantitative estimate of drug-likeness (QED) is 0.816. The van der Waals surface area contributed by atoms with Gasteiger partial charge < -0.3 is 14.6 Å². The van der Waals surface area contributed by atoms with Crippen molar-refractivity contribution in [1.82, 2.24) is 5.32 Å². The zero-order valence-electron chi connectivity index (χ0n) is 9.97. The van der Waals surface area contributed by atoms with E-state index in [4.69, 9.17) is 20.5 Å². The van der Waals surface area contributed by atoms with E-state index in [0.717, 1.165) is 5.56 Å². The summed E-state index contributed by atoms with van der Waals surface area (Å²) in [6, 6.07) is 9.23. The average molecular weight is 292 g/mol. The van der Waals surface area contributed by atoms with Crippen molar-refractivity contribution in [2.75, 3.05) is 12.9 Å². The van der Waals surface area contributed by atoms with Crippen LogP contribution >= 0.6 is 18.0 Å². The number of rotatable bonds is 6. The van der Waals surface area contributed by atoms with Crippen LogP contribution in [0.4, 0.5) is 4.79 Å². The Hall–Kier alpha value is -1.03. The highest BCUT2D eigenvalue weighted by Gasteiger charge is 2.19. The van der Waals surface area contributed by atoms with Crippen molar-refractivity contribution in [3.05, 3.63) is 35.9 Å². The minimum absolute atomic E-state index is 0.147. The molecule has 0 saturated heterocycles. The Balaban J connectivity index is 2.28. The molecule has 7 heteroatoms. The average Bonchev–Trinajstić information content (AvgIpc) is 2.35. The lowest BCUT2D eigenvalue weighted by atomic mass is 10.2. The van der Waals surface area contributed by atoms with Crippen LogP contribution in [0.15, 0.2) is 30.3 Å².